The molecule has 0 radical (unpaired) electrons. The maximum absolute atomic E-state index is 12.6. The molecule has 2 aliphatic heterocycles. The highest BCUT2D eigenvalue weighted by Crippen LogP contribution is 2.31. The van der Waals surface area contributed by atoms with Crippen LogP contribution < -0.4 is 9.47 Å². The molecule has 0 fully saturated rings. The molecule has 2 aromatic heterocycles. The summed E-state index contributed by atoms with van der Waals surface area (Å²) in [5.41, 5.74) is 5.97. The predicted octanol–water partition coefficient (Wildman–Crippen LogP) is 7.20. The fourth-order valence-electron chi connectivity index (χ4n) is 6.00. The number of para-hydroxylation sites is 4. The number of aromatic amines is 2. The third-order valence-electron chi connectivity index (χ3n) is 8.21. The van der Waals surface area contributed by atoms with Crippen molar-refractivity contribution >= 4 is 33.4 Å². The quantitative estimate of drug-likeness (QED) is 0.241. The van der Waals surface area contributed by atoms with Crippen molar-refractivity contribution in [2.75, 3.05) is 13.2 Å². The van der Waals surface area contributed by atoms with Gasteiger partial charge in [0.15, 0.2) is 11.6 Å². The minimum absolute atomic E-state index is 0.112. The van der Waals surface area contributed by atoms with E-state index < -0.39 is 0 Å². The summed E-state index contributed by atoms with van der Waals surface area (Å²) in [4.78, 5) is 31.7. The van der Waals surface area contributed by atoms with Gasteiger partial charge in [-0.1, -0.05) is 60.7 Å². The Morgan fingerprint density at radius 3 is 1.43 bits per heavy atom. The van der Waals surface area contributed by atoms with Crippen molar-refractivity contribution in [3.63, 3.8) is 0 Å². The number of carbonyl (C=O) groups is 2. The minimum atomic E-state index is -0.112. The van der Waals surface area contributed by atoms with E-state index >= 15 is 0 Å². The zero-order chi connectivity index (χ0) is 28.5. The molecule has 6 nitrogen and oxygen atoms in total. The van der Waals surface area contributed by atoms with Gasteiger partial charge in [-0.05, 0) is 60.4 Å². The lowest BCUT2D eigenvalue weighted by Crippen LogP contribution is -2.29. The number of benzene rings is 4. The van der Waals surface area contributed by atoms with E-state index in [9.17, 15) is 9.59 Å². The van der Waals surface area contributed by atoms with E-state index in [1.165, 1.54) is 21.9 Å². The lowest BCUT2D eigenvalue weighted by atomic mass is 9.89. The maximum Gasteiger partial charge on any atom is 0.173 e. The van der Waals surface area contributed by atoms with E-state index in [4.69, 9.17) is 9.47 Å². The normalized spacial score (nSPS) is 17.5. The molecule has 8 rings (SSSR count). The molecule has 4 heterocycles. The molecule has 6 heteroatoms. The third kappa shape index (κ3) is 4.85. The molecule has 2 N–H and O–H groups in total. The van der Waals surface area contributed by atoms with Crippen LogP contribution in [0.15, 0.2) is 109 Å². The monoisotopic (exact) mass is 554 g/mol. The first-order valence-corrected chi connectivity index (χ1v) is 14.3. The minimum Gasteiger partial charge on any atom is -0.492 e. The lowest BCUT2D eigenvalue weighted by molar-refractivity contribution is 0.0822. The number of H-pyrrole nitrogens is 2. The summed E-state index contributed by atoms with van der Waals surface area (Å²) in [6.07, 6.45) is 5.41. The Bertz CT molecular complexity index is 1780. The van der Waals surface area contributed by atoms with Gasteiger partial charge in [0.25, 0.3) is 0 Å². The van der Waals surface area contributed by atoms with Gasteiger partial charge in [-0.15, -0.1) is 0 Å². The Balaban J connectivity index is 0.000000137. The molecule has 0 unspecified atom stereocenters. The Morgan fingerprint density at radius 1 is 0.548 bits per heavy atom. The number of carbonyl (C=O) groups excluding carboxylic acids is 2. The Morgan fingerprint density at radius 2 is 0.952 bits per heavy atom. The second-order valence-corrected chi connectivity index (χ2v) is 10.9. The largest absolute Gasteiger partial charge is 0.492 e. The Kier molecular flexibility index (Phi) is 6.80. The van der Waals surface area contributed by atoms with Gasteiger partial charge in [-0.3, -0.25) is 9.59 Å². The molecule has 0 spiro atoms. The highest BCUT2D eigenvalue weighted by molar-refractivity contribution is 6.02. The molecule has 2 atom stereocenters. The molecule has 0 saturated carbocycles. The first-order chi connectivity index (χ1) is 20.7. The van der Waals surface area contributed by atoms with Gasteiger partial charge in [-0.2, -0.15) is 0 Å². The molecule has 4 aromatic carbocycles. The van der Waals surface area contributed by atoms with Crippen LogP contribution >= 0.6 is 0 Å². The number of Topliss-reactive ketones (excluding diaryl/α,β-unsaturated/α-hetero) is 2. The number of ketones is 2. The van der Waals surface area contributed by atoms with Crippen LogP contribution in [0.4, 0.5) is 0 Å². The fraction of sp³-hybridized carbons (Fsp3) is 0.167. The van der Waals surface area contributed by atoms with E-state index in [2.05, 4.69) is 22.1 Å². The van der Waals surface area contributed by atoms with Crippen molar-refractivity contribution in [3.05, 3.63) is 132 Å². The van der Waals surface area contributed by atoms with E-state index in [0.717, 1.165) is 11.0 Å². The smallest absolute Gasteiger partial charge is 0.173 e. The van der Waals surface area contributed by atoms with Crippen molar-refractivity contribution in [3.8, 4) is 11.5 Å². The van der Waals surface area contributed by atoms with Gasteiger partial charge >= 0.3 is 0 Å². The average molecular weight is 555 g/mol. The van der Waals surface area contributed by atoms with E-state index in [-0.39, 0.29) is 23.4 Å². The number of hydrogen-bond acceptors (Lipinski definition) is 4. The van der Waals surface area contributed by atoms with Gasteiger partial charge in [0, 0.05) is 34.2 Å². The second-order valence-electron chi connectivity index (χ2n) is 10.9. The molecule has 0 saturated heterocycles. The topological polar surface area (TPSA) is 84.2 Å². The van der Waals surface area contributed by atoms with E-state index in [0.29, 0.717) is 48.7 Å². The summed E-state index contributed by atoms with van der Waals surface area (Å²) in [6, 6.07) is 31.3. The summed E-state index contributed by atoms with van der Waals surface area (Å²) < 4.78 is 11.5. The van der Waals surface area contributed by atoms with Crippen molar-refractivity contribution in [2.24, 2.45) is 11.8 Å². The van der Waals surface area contributed by atoms with Crippen LogP contribution in [-0.4, -0.2) is 34.7 Å². The number of hydrogen-bond donors (Lipinski definition) is 2. The number of ether oxygens (including phenoxy) is 2. The summed E-state index contributed by atoms with van der Waals surface area (Å²) >= 11 is 0. The number of aromatic nitrogens is 2. The van der Waals surface area contributed by atoms with Crippen molar-refractivity contribution in [2.45, 2.75) is 12.8 Å². The van der Waals surface area contributed by atoms with Crippen molar-refractivity contribution in [1.29, 1.82) is 0 Å². The molecule has 42 heavy (non-hydrogen) atoms. The van der Waals surface area contributed by atoms with Crippen LogP contribution in [0.25, 0.3) is 21.8 Å². The van der Waals surface area contributed by atoms with E-state index in [1.54, 1.807) is 0 Å². The zero-order valence-corrected chi connectivity index (χ0v) is 23.0. The van der Waals surface area contributed by atoms with Crippen LogP contribution in [0.3, 0.4) is 0 Å². The van der Waals surface area contributed by atoms with Crippen LogP contribution in [0.2, 0.25) is 0 Å². The SMILES string of the molecule is O=C1c2ccccc2OC[C@@H]1Cc1c[nH]c2ccccc12.O=C1c2ccccc2OC[C@@H]1Cc1c[nH]c2ccccc12. The molecular weight excluding hydrogens is 524 g/mol. The standard InChI is InChI=1S/2C18H15NO2/c2*20-18-13(11-21-17-8-4-2-6-15(17)18)9-12-10-19-16-7-3-1-5-14(12)16/h2*1-8,10,13,19H,9,11H2/t2*13-/m00/s1. The predicted molar refractivity (Wildman–Crippen MR) is 164 cm³/mol. The zero-order valence-electron chi connectivity index (χ0n) is 23.0. The number of rotatable bonds is 4. The number of nitrogens with one attached hydrogen (secondary N) is 2. The second kappa shape index (κ2) is 11.1. The first-order valence-electron chi connectivity index (χ1n) is 14.3. The summed E-state index contributed by atoms with van der Waals surface area (Å²) in [5.74, 6) is 1.55. The Labute approximate surface area is 243 Å². The average Bonchev–Trinajstić information content (AvgIpc) is 3.65. The van der Waals surface area contributed by atoms with Crippen molar-refractivity contribution < 1.29 is 19.1 Å². The summed E-state index contributed by atoms with van der Waals surface area (Å²) in [7, 11) is 0. The third-order valence-corrected chi connectivity index (χ3v) is 8.21. The van der Waals surface area contributed by atoms with Crippen LogP contribution in [0.5, 0.6) is 11.5 Å². The van der Waals surface area contributed by atoms with Gasteiger partial charge in [0.1, 0.15) is 11.5 Å². The van der Waals surface area contributed by atoms with Gasteiger partial charge in [0.2, 0.25) is 0 Å². The van der Waals surface area contributed by atoms with Crippen LogP contribution in [0, 0.1) is 11.8 Å². The molecule has 2 aliphatic rings. The highest BCUT2D eigenvalue weighted by Gasteiger charge is 2.30. The summed E-state index contributed by atoms with van der Waals surface area (Å²) in [5, 5.41) is 2.37. The Hall–Kier alpha value is -5.10. The highest BCUT2D eigenvalue weighted by atomic mass is 16.5. The summed E-state index contributed by atoms with van der Waals surface area (Å²) in [6.45, 7) is 0.907. The van der Waals surface area contributed by atoms with Gasteiger partial charge < -0.3 is 19.4 Å². The van der Waals surface area contributed by atoms with Crippen molar-refractivity contribution in [1.82, 2.24) is 9.97 Å². The van der Waals surface area contributed by atoms with Crippen LogP contribution in [0.1, 0.15) is 31.8 Å². The molecule has 208 valence electrons. The van der Waals surface area contributed by atoms with E-state index in [1.807, 2.05) is 97.3 Å². The first kappa shape index (κ1) is 25.8. The van der Waals surface area contributed by atoms with Crippen LogP contribution in [-0.2, 0) is 12.8 Å². The number of fused-ring (bicyclic) bond motifs is 4. The molecule has 0 amide bonds. The van der Waals surface area contributed by atoms with Gasteiger partial charge in [0.05, 0.1) is 36.2 Å². The molecule has 6 aromatic rings. The maximum atomic E-state index is 12.6. The fourth-order valence-corrected chi connectivity index (χ4v) is 6.00. The molecular formula is C36H30N2O4. The van der Waals surface area contributed by atoms with Gasteiger partial charge in [-0.25, -0.2) is 0 Å². The lowest BCUT2D eigenvalue weighted by Gasteiger charge is -2.23. The molecule has 0 bridgehead atoms. The molecule has 0 aliphatic carbocycles.